The number of aliphatic hydroxyl groups is 1. The highest BCUT2D eigenvalue weighted by molar-refractivity contribution is 5.62. The lowest BCUT2D eigenvalue weighted by molar-refractivity contribution is 0.170. The Hall–Kier alpha value is -1.53. The molecule has 0 aliphatic carbocycles. The van der Waals surface area contributed by atoms with E-state index in [1.54, 1.807) is 7.11 Å². The second-order valence-corrected chi connectivity index (χ2v) is 3.88. The first kappa shape index (κ1) is 14.5. The van der Waals surface area contributed by atoms with Crippen molar-refractivity contribution in [2.45, 2.75) is 12.5 Å². The highest BCUT2D eigenvalue weighted by Crippen LogP contribution is 2.28. The van der Waals surface area contributed by atoms with E-state index in [9.17, 15) is 4.39 Å². The Labute approximate surface area is 106 Å². The van der Waals surface area contributed by atoms with Crippen molar-refractivity contribution in [3.8, 4) is 5.75 Å². The van der Waals surface area contributed by atoms with E-state index in [1.807, 2.05) is 0 Å². The van der Waals surface area contributed by atoms with Crippen molar-refractivity contribution >= 4 is 11.4 Å². The van der Waals surface area contributed by atoms with Gasteiger partial charge in [-0.1, -0.05) is 0 Å². The van der Waals surface area contributed by atoms with Gasteiger partial charge in [-0.25, -0.2) is 4.39 Å². The van der Waals surface area contributed by atoms with Crippen LogP contribution in [0.2, 0.25) is 0 Å². The zero-order valence-electron chi connectivity index (χ0n) is 10.6. The second kappa shape index (κ2) is 7.03. The lowest BCUT2D eigenvalue weighted by Gasteiger charge is -2.19. The van der Waals surface area contributed by atoms with Crippen LogP contribution in [0.25, 0.3) is 0 Å². The van der Waals surface area contributed by atoms with Crippen LogP contribution in [0, 0.1) is 5.82 Å². The Kier molecular flexibility index (Phi) is 5.67. The zero-order chi connectivity index (χ0) is 13.5. The Bertz CT molecular complexity index is 382. The van der Waals surface area contributed by atoms with E-state index in [0.29, 0.717) is 18.8 Å². The van der Waals surface area contributed by atoms with Crippen LogP contribution in [0.15, 0.2) is 12.1 Å². The van der Waals surface area contributed by atoms with Crippen LogP contribution in [0.1, 0.15) is 6.42 Å². The fraction of sp³-hybridized carbons (Fsp3) is 0.500. The number of nitrogens with one attached hydrogen (secondary N) is 1. The van der Waals surface area contributed by atoms with Gasteiger partial charge in [-0.15, -0.1) is 0 Å². The molecule has 0 aromatic heterocycles. The first-order valence-electron chi connectivity index (χ1n) is 5.61. The van der Waals surface area contributed by atoms with Gasteiger partial charge in [0.05, 0.1) is 31.1 Å². The van der Waals surface area contributed by atoms with Crippen LogP contribution in [-0.4, -0.2) is 38.6 Å². The molecule has 0 spiro atoms. The summed E-state index contributed by atoms with van der Waals surface area (Å²) in [6.45, 7) is 0.363. The van der Waals surface area contributed by atoms with E-state index in [4.69, 9.17) is 20.3 Å². The number of rotatable bonds is 7. The number of nitrogens with two attached hydrogens (primary N) is 1. The molecule has 102 valence electrons. The van der Waals surface area contributed by atoms with E-state index in [2.05, 4.69) is 5.32 Å². The number of benzene rings is 1. The van der Waals surface area contributed by atoms with E-state index in [1.165, 1.54) is 19.2 Å². The van der Waals surface area contributed by atoms with Gasteiger partial charge in [-0.3, -0.25) is 0 Å². The molecular formula is C12H19FN2O3. The maximum atomic E-state index is 13.7. The standard InChI is InChI=1S/C12H19FN2O3/c1-17-7-8(3-4-16)15-11-6-12(18-2)10(14)5-9(11)13/h5-6,8,15-16H,3-4,7,14H2,1-2H3. The third kappa shape index (κ3) is 3.75. The van der Waals surface area contributed by atoms with E-state index in [0.717, 1.165) is 0 Å². The molecule has 0 heterocycles. The molecule has 1 aromatic carbocycles. The molecule has 0 bridgehead atoms. The van der Waals surface area contributed by atoms with Gasteiger partial charge in [-0.2, -0.15) is 0 Å². The fourth-order valence-corrected chi connectivity index (χ4v) is 1.63. The Balaban J connectivity index is 2.87. The minimum atomic E-state index is -0.465. The molecule has 0 saturated heterocycles. The van der Waals surface area contributed by atoms with Gasteiger partial charge in [0.1, 0.15) is 11.6 Å². The summed E-state index contributed by atoms with van der Waals surface area (Å²) in [7, 11) is 3.01. The van der Waals surface area contributed by atoms with E-state index < -0.39 is 5.82 Å². The molecule has 5 nitrogen and oxygen atoms in total. The van der Waals surface area contributed by atoms with Gasteiger partial charge in [0, 0.05) is 25.8 Å². The van der Waals surface area contributed by atoms with Crippen LogP contribution >= 0.6 is 0 Å². The summed E-state index contributed by atoms with van der Waals surface area (Å²) >= 11 is 0. The molecule has 18 heavy (non-hydrogen) atoms. The van der Waals surface area contributed by atoms with Crippen molar-refractivity contribution in [3.05, 3.63) is 17.9 Å². The maximum Gasteiger partial charge on any atom is 0.148 e. The number of aliphatic hydroxyl groups excluding tert-OH is 1. The first-order chi connectivity index (χ1) is 8.62. The highest BCUT2D eigenvalue weighted by atomic mass is 19.1. The molecule has 0 amide bonds. The molecule has 4 N–H and O–H groups in total. The molecule has 0 aliphatic heterocycles. The molecule has 0 fully saturated rings. The minimum Gasteiger partial charge on any atom is -0.495 e. The van der Waals surface area contributed by atoms with Gasteiger partial charge < -0.3 is 25.6 Å². The van der Waals surface area contributed by atoms with Gasteiger partial charge in [-0.05, 0) is 6.42 Å². The van der Waals surface area contributed by atoms with Crippen molar-refractivity contribution in [2.24, 2.45) is 0 Å². The molecule has 1 unspecified atom stereocenters. The third-order valence-corrected chi connectivity index (χ3v) is 2.52. The summed E-state index contributed by atoms with van der Waals surface area (Å²) in [6.07, 6.45) is 0.458. The molecule has 6 heteroatoms. The average molecular weight is 258 g/mol. The second-order valence-electron chi connectivity index (χ2n) is 3.88. The Morgan fingerprint density at radius 2 is 2.17 bits per heavy atom. The summed E-state index contributed by atoms with van der Waals surface area (Å²) in [5, 5.41) is 11.9. The zero-order valence-corrected chi connectivity index (χ0v) is 10.6. The van der Waals surface area contributed by atoms with Crippen LogP contribution < -0.4 is 15.8 Å². The average Bonchev–Trinajstić information content (AvgIpc) is 2.33. The number of halogens is 1. The van der Waals surface area contributed by atoms with Crippen molar-refractivity contribution in [3.63, 3.8) is 0 Å². The molecule has 1 aromatic rings. The number of hydrogen-bond donors (Lipinski definition) is 3. The quantitative estimate of drug-likeness (QED) is 0.641. The normalized spacial score (nSPS) is 12.2. The van der Waals surface area contributed by atoms with E-state index in [-0.39, 0.29) is 24.0 Å². The number of nitrogen functional groups attached to an aromatic ring is 1. The predicted molar refractivity (Wildman–Crippen MR) is 68.4 cm³/mol. The third-order valence-electron chi connectivity index (χ3n) is 2.52. The summed E-state index contributed by atoms with van der Waals surface area (Å²) < 4.78 is 23.7. The first-order valence-corrected chi connectivity index (χ1v) is 5.61. The topological polar surface area (TPSA) is 76.7 Å². The largest absolute Gasteiger partial charge is 0.495 e. The lowest BCUT2D eigenvalue weighted by atomic mass is 10.2. The van der Waals surface area contributed by atoms with Crippen molar-refractivity contribution < 1.29 is 19.0 Å². The smallest absolute Gasteiger partial charge is 0.148 e. The monoisotopic (exact) mass is 258 g/mol. The maximum absolute atomic E-state index is 13.7. The number of hydrogen-bond acceptors (Lipinski definition) is 5. The van der Waals surface area contributed by atoms with Gasteiger partial charge in [0.2, 0.25) is 0 Å². The van der Waals surface area contributed by atoms with Gasteiger partial charge >= 0.3 is 0 Å². The Morgan fingerprint density at radius 3 is 2.72 bits per heavy atom. The van der Waals surface area contributed by atoms with Crippen LogP contribution in [0.3, 0.4) is 0 Å². The van der Waals surface area contributed by atoms with Crippen molar-refractivity contribution in [1.29, 1.82) is 0 Å². The van der Waals surface area contributed by atoms with Gasteiger partial charge in [0.25, 0.3) is 0 Å². The number of methoxy groups -OCH3 is 2. The summed E-state index contributed by atoms with van der Waals surface area (Å²) in [5.74, 6) is -0.0635. The summed E-state index contributed by atoms with van der Waals surface area (Å²) in [4.78, 5) is 0. The predicted octanol–water partition coefficient (Wildman–Crippen LogP) is 1.23. The molecule has 0 saturated carbocycles. The molecule has 0 aliphatic rings. The fourth-order valence-electron chi connectivity index (χ4n) is 1.63. The van der Waals surface area contributed by atoms with Crippen molar-refractivity contribution in [2.75, 3.05) is 38.5 Å². The minimum absolute atomic E-state index is 0.00521. The molecular weight excluding hydrogens is 239 g/mol. The van der Waals surface area contributed by atoms with Gasteiger partial charge in [0.15, 0.2) is 0 Å². The van der Waals surface area contributed by atoms with Crippen molar-refractivity contribution in [1.82, 2.24) is 0 Å². The SMILES string of the molecule is COCC(CCO)Nc1cc(OC)c(N)cc1F. The number of anilines is 2. The Morgan fingerprint density at radius 1 is 1.44 bits per heavy atom. The molecule has 0 radical (unpaired) electrons. The van der Waals surface area contributed by atoms with Crippen LogP contribution in [0.5, 0.6) is 5.75 Å². The van der Waals surface area contributed by atoms with Crippen LogP contribution in [-0.2, 0) is 4.74 Å². The summed E-state index contributed by atoms with van der Waals surface area (Å²) in [5.41, 5.74) is 6.11. The molecule has 1 atom stereocenters. The summed E-state index contributed by atoms with van der Waals surface area (Å²) in [6, 6.07) is 2.51. The van der Waals surface area contributed by atoms with Crippen LogP contribution in [0.4, 0.5) is 15.8 Å². The van der Waals surface area contributed by atoms with E-state index >= 15 is 0 Å². The lowest BCUT2D eigenvalue weighted by Crippen LogP contribution is -2.26. The highest BCUT2D eigenvalue weighted by Gasteiger charge is 2.13. The molecule has 1 rings (SSSR count). The number of ether oxygens (including phenoxy) is 2.